The van der Waals surface area contributed by atoms with Crippen LogP contribution in [0.1, 0.15) is 51.9 Å². The Hall–Kier alpha value is -0.640. The van der Waals surface area contributed by atoms with Gasteiger partial charge >= 0.3 is 0 Å². The summed E-state index contributed by atoms with van der Waals surface area (Å²) in [6.45, 7) is 2.42. The summed E-state index contributed by atoms with van der Waals surface area (Å²) >= 11 is 0. The van der Waals surface area contributed by atoms with Gasteiger partial charge in [-0.1, -0.05) is 37.6 Å². The van der Waals surface area contributed by atoms with E-state index in [1.54, 1.807) is 0 Å². The van der Waals surface area contributed by atoms with E-state index in [0.717, 1.165) is 38.5 Å². The van der Waals surface area contributed by atoms with Crippen molar-refractivity contribution in [3.05, 3.63) is 24.3 Å². The van der Waals surface area contributed by atoms with Crippen LogP contribution < -0.4 is 0 Å². The van der Waals surface area contributed by atoms with E-state index in [0.29, 0.717) is 23.2 Å². The summed E-state index contributed by atoms with van der Waals surface area (Å²) < 4.78 is 0. The number of allylic oxidation sites excluding steroid dienone is 4. The first kappa shape index (κ1) is 14.9. The first-order valence-corrected chi connectivity index (χ1v) is 8.91. The zero-order chi connectivity index (χ0) is 15.6. The molecule has 4 aliphatic rings. The van der Waals surface area contributed by atoms with E-state index < -0.39 is 11.4 Å². The molecule has 0 aromatic carbocycles. The minimum absolute atomic E-state index is 0.200. The number of rotatable bonds is 1. The van der Waals surface area contributed by atoms with Gasteiger partial charge in [0.25, 0.3) is 5.97 Å². The van der Waals surface area contributed by atoms with Crippen LogP contribution in [0.25, 0.3) is 0 Å². The third-order valence-corrected chi connectivity index (χ3v) is 7.69. The zero-order valence-corrected chi connectivity index (χ0v) is 13.4. The Kier molecular flexibility index (Phi) is 3.18. The maximum absolute atomic E-state index is 10.1. The molecule has 6 atom stereocenters. The van der Waals surface area contributed by atoms with E-state index in [1.165, 1.54) is 6.42 Å². The maximum atomic E-state index is 10.1. The molecule has 0 aliphatic heterocycles. The molecule has 0 aromatic rings. The van der Waals surface area contributed by atoms with Crippen LogP contribution in [-0.2, 0) is 0 Å². The van der Waals surface area contributed by atoms with Crippen LogP contribution in [-0.4, -0.2) is 21.3 Å². The molecular weight excluding hydrogens is 276 g/mol. The molecule has 22 heavy (non-hydrogen) atoms. The molecule has 3 N–H and O–H groups in total. The summed E-state index contributed by atoms with van der Waals surface area (Å²) in [5, 5.41) is 30.2. The lowest BCUT2D eigenvalue weighted by Gasteiger charge is -2.58. The molecule has 3 nitrogen and oxygen atoms in total. The van der Waals surface area contributed by atoms with Crippen LogP contribution in [0.15, 0.2) is 24.3 Å². The van der Waals surface area contributed by atoms with Gasteiger partial charge in [0.2, 0.25) is 0 Å². The van der Waals surface area contributed by atoms with Crippen molar-refractivity contribution in [1.82, 2.24) is 0 Å². The van der Waals surface area contributed by atoms with Crippen molar-refractivity contribution in [3.63, 3.8) is 0 Å². The van der Waals surface area contributed by atoms with Crippen LogP contribution in [0.2, 0.25) is 0 Å². The Labute approximate surface area is 132 Å². The monoisotopic (exact) mass is 304 g/mol. The SMILES string of the molecule is C[C@]12CCC=CC1C=C[C@H]1[C@@H]3CCC[C@@]3(C(O)(O)O)CC[C@@H]12. The summed E-state index contributed by atoms with van der Waals surface area (Å²) in [7, 11) is 0. The Morgan fingerprint density at radius 1 is 0.955 bits per heavy atom. The van der Waals surface area contributed by atoms with Gasteiger partial charge in [0, 0.05) is 5.92 Å². The average Bonchev–Trinajstić information content (AvgIpc) is 2.91. The summed E-state index contributed by atoms with van der Waals surface area (Å²) in [4.78, 5) is 0. The van der Waals surface area contributed by atoms with Crippen LogP contribution in [0.3, 0.4) is 0 Å². The van der Waals surface area contributed by atoms with Crippen LogP contribution in [0.5, 0.6) is 0 Å². The number of aliphatic hydroxyl groups is 3. The van der Waals surface area contributed by atoms with E-state index in [-0.39, 0.29) is 5.92 Å². The summed E-state index contributed by atoms with van der Waals surface area (Å²) in [5.41, 5.74) is -0.418. The highest BCUT2D eigenvalue weighted by Gasteiger charge is 2.63. The van der Waals surface area contributed by atoms with E-state index in [9.17, 15) is 15.3 Å². The van der Waals surface area contributed by atoms with E-state index in [4.69, 9.17) is 0 Å². The van der Waals surface area contributed by atoms with Gasteiger partial charge in [-0.2, -0.15) is 0 Å². The lowest BCUT2D eigenvalue weighted by atomic mass is 9.47. The molecule has 0 saturated heterocycles. The molecule has 2 fully saturated rings. The van der Waals surface area contributed by atoms with Gasteiger partial charge in [-0.3, -0.25) is 0 Å². The molecule has 0 spiro atoms. The second kappa shape index (κ2) is 4.68. The first-order chi connectivity index (χ1) is 10.4. The minimum Gasteiger partial charge on any atom is -0.343 e. The van der Waals surface area contributed by atoms with Gasteiger partial charge in [0.15, 0.2) is 0 Å². The standard InChI is InChI=1S/C19H28O3/c1-17-10-3-2-5-13(17)7-8-14-15(17)9-12-18(19(20,21)22)11-4-6-16(14)18/h2,5,7-8,13-16,20-22H,3-4,6,9-12H2,1H3/t13?,14-,15+,16+,17+,18-/m1/s1. The smallest absolute Gasteiger partial charge is 0.281 e. The average molecular weight is 304 g/mol. The molecule has 4 aliphatic carbocycles. The molecular formula is C19H28O3. The van der Waals surface area contributed by atoms with Gasteiger partial charge in [-0.15, -0.1) is 0 Å². The highest BCUT2D eigenvalue weighted by molar-refractivity contribution is 5.22. The van der Waals surface area contributed by atoms with Crippen LogP contribution in [0.4, 0.5) is 0 Å². The van der Waals surface area contributed by atoms with Crippen molar-refractivity contribution in [2.24, 2.45) is 34.5 Å². The fourth-order valence-corrected chi connectivity index (χ4v) is 6.47. The summed E-state index contributed by atoms with van der Waals surface area (Å²) in [6.07, 6.45) is 16.2. The van der Waals surface area contributed by atoms with Crippen molar-refractivity contribution < 1.29 is 15.3 Å². The topological polar surface area (TPSA) is 60.7 Å². The predicted octanol–water partition coefficient (Wildman–Crippen LogP) is 2.97. The van der Waals surface area contributed by atoms with Gasteiger partial charge in [-0.25, -0.2) is 0 Å². The molecule has 0 heterocycles. The van der Waals surface area contributed by atoms with Gasteiger partial charge in [0.05, 0.1) is 5.41 Å². The Balaban J connectivity index is 1.74. The second-order valence-corrected chi connectivity index (χ2v) is 8.40. The highest BCUT2D eigenvalue weighted by Crippen LogP contribution is 2.65. The van der Waals surface area contributed by atoms with Crippen molar-refractivity contribution in [2.45, 2.75) is 57.8 Å². The Bertz CT molecular complexity index is 517. The minimum atomic E-state index is -2.53. The molecule has 0 radical (unpaired) electrons. The van der Waals surface area contributed by atoms with Crippen molar-refractivity contribution >= 4 is 0 Å². The van der Waals surface area contributed by atoms with E-state index in [2.05, 4.69) is 31.2 Å². The molecule has 2 saturated carbocycles. The highest BCUT2D eigenvalue weighted by atomic mass is 16.7. The number of hydrogen-bond acceptors (Lipinski definition) is 3. The van der Waals surface area contributed by atoms with Crippen LogP contribution in [0, 0.1) is 34.5 Å². The van der Waals surface area contributed by atoms with Crippen molar-refractivity contribution in [2.75, 3.05) is 0 Å². The van der Waals surface area contributed by atoms with Crippen LogP contribution >= 0.6 is 0 Å². The van der Waals surface area contributed by atoms with E-state index in [1.807, 2.05) is 0 Å². The van der Waals surface area contributed by atoms with E-state index >= 15 is 0 Å². The largest absolute Gasteiger partial charge is 0.343 e. The molecule has 0 aromatic heterocycles. The molecule has 1 unspecified atom stereocenters. The Morgan fingerprint density at radius 3 is 2.55 bits per heavy atom. The van der Waals surface area contributed by atoms with Crippen molar-refractivity contribution in [3.8, 4) is 0 Å². The number of fused-ring (bicyclic) bond motifs is 5. The van der Waals surface area contributed by atoms with Gasteiger partial charge in [-0.05, 0) is 61.7 Å². The fraction of sp³-hybridized carbons (Fsp3) is 0.789. The lowest BCUT2D eigenvalue weighted by Crippen LogP contribution is -2.58. The third-order valence-electron chi connectivity index (χ3n) is 7.69. The van der Waals surface area contributed by atoms with Gasteiger partial charge < -0.3 is 15.3 Å². The fourth-order valence-electron chi connectivity index (χ4n) is 6.47. The number of hydrogen-bond donors (Lipinski definition) is 3. The third kappa shape index (κ3) is 1.79. The second-order valence-electron chi connectivity index (χ2n) is 8.40. The Morgan fingerprint density at radius 2 is 1.77 bits per heavy atom. The zero-order valence-electron chi connectivity index (χ0n) is 13.4. The molecule has 4 rings (SSSR count). The predicted molar refractivity (Wildman–Crippen MR) is 84.5 cm³/mol. The summed E-state index contributed by atoms with van der Waals surface area (Å²) in [5.74, 6) is -0.817. The van der Waals surface area contributed by atoms with Gasteiger partial charge in [0.1, 0.15) is 0 Å². The lowest BCUT2D eigenvalue weighted by molar-refractivity contribution is -0.391. The molecule has 3 heteroatoms. The molecule has 0 bridgehead atoms. The normalized spacial score (nSPS) is 50.4. The van der Waals surface area contributed by atoms with Crippen molar-refractivity contribution in [1.29, 1.82) is 0 Å². The maximum Gasteiger partial charge on any atom is 0.281 e. The first-order valence-electron chi connectivity index (χ1n) is 8.91. The quantitative estimate of drug-likeness (QED) is 0.515. The molecule has 0 amide bonds. The molecule has 122 valence electrons. The summed E-state index contributed by atoms with van der Waals surface area (Å²) in [6, 6.07) is 0.